The standard InChI is InChI=1S/C6H13Si/c1-7-5-3-2-4-6-7/h7H,1-6H2. The van der Waals surface area contributed by atoms with Crippen molar-refractivity contribution in [2.45, 2.75) is 31.4 Å². The maximum absolute atomic E-state index is 4.14. The molecule has 1 radical (unpaired) electrons. The maximum Gasteiger partial charge on any atom is 0.0364 e. The van der Waals surface area contributed by atoms with Gasteiger partial charge in [0.05, 0.1) is 0 Å². The molecule has 0 aromatic carbocycles. The van der Waals surface area contributed by atoms with Crippen LogP contribution in [0.1, 0.15) is 19.3 Å². The summed E-state index contributed by atoms with van der Waals surface area (Å²) in [6.07, 6.45) is 4.46. The summed E-state index contributed by atoms with van der Waals surface area (Å²) < 4.78 is 0. The van der Waals surface area contributed by atoms with Crippen LogP contribution in [0.5, 0.6) is 0 Å². The molecule has 0 aromatic heterocycles. The van der Waals surface area contributed by atoms with E-state index in [0.29, 0.717) is 0 Å². The third-order valence-electron chi connectivity index (χ3n) is 1.72. The molecule has 41 valence electrons. The van der Waals surface area contributed by atoms with Gasteiger partial charge < -0.3 is 0 Å². The van der Waals surface area contributed by atoms with E-state index in [0.717, 1.165) is 0 Å². The molecule has 0 amide bonds. The lowest BCUT2D eigenvalue weighted by molar-refractivity contribution is 0.727. The zero-order valence-electron chi connectivity index (χ0n) is 4.82. The first kappa shape index (κ1) is 5.36. The van der Waals surface area contributed by atoms with E-state index in [4.69, 9.17) is 0 Å². The Morgan fingerprint density at radius 2 is 1.57 bits per heavy atom. The summed E-state index contributed by atoms with van der Waals surface area (Å²) in [5.74, 6) is 0. The molecule has 0 atom stereocenters. The highest BCUT2D eigenvalue weighted by atomic mass is 28.3. The van der Waals surface area contributed by atoms with E-state index in [2.05, 4.69) is 6.55 Å². The SMILES string of the molecule is [CH2][SiH]1CCCCC1. The van der Waals surface area contributed by atoms with Crippen molar-refractivity contribution >= 4 is 8.80 Å². The Kier molecular flexibility index (Phi) is 1.92. The molecular weight excluding hydrogens is 100 g/mol. The first-order valence-electron chi connectivity index (χ1n) is 3.22. The molecule has 0 N–H and O–H groups in total. The Hall–Kier alpha value is 0.217. The number of rotatable bonds is 0. The van der Waals surface area contributed by atoms with Gasteiger partial charge in [-0.05, 0) is 0 Å². The minimum atomic E-state index is -0.345. The van der Waals surface area contributed by atoms with Gasteiger partial charge in [0.2, 0.25) is 0 Å². The van der Waals surface area contributed by atoms with E-state index in [-0.39, 0.29) is 8.80 Å². The largest absolute Gasteiger partial charge is 0.0626 e. The topological polar surface area (TPSA) is 0 Å². The van der Waals surface area contributed by atoms with E-state index in [1.165, 1.54) is 31.4 Å². The molecule has 0 unspecified atom stereocenters. The van der Waals surface area contributed by atoms with Crippen molar-refractivity contribution in [2.75, 3.05) is 0 Å². The molecule has 0 bridgehead atoms. The Balaban J connectivity index is 2.12. The van der Waals surface area contributed by atoms with Gasteiger partial charge in [0.1, 0.15) is 0 Å². The third-order valence-corrected chi connectivity index (χ3v) is 4.17. The summed E-state index contributed by atoms with van der Waals surface area (Å²) in [5.41, 5.74) is 0. The van der Waals surface area contributed by atoms with Gasteiger partial charge in [-0.15, -0.1) is 0 Å². The smallest absolute Gasteiger partial charge is 0.0364 e. The number of hydrogen-bond acceptors (Lipinski definition) is 0. The Labute approximate surface area is 47.5 Å². The summed E-state index contributed by atoms with van der Waals surface area (Å²) in [4.78, 5) is 0. The van der Waals surface area contributed by atoms with Crippen molar-refractivity contribution in [3.05, 3.63) is 6.55 Å². The van der Waals surface area contributed by atoms with Gasteiger partial charge in [-0.3, -0.25) is 0 Å². The molecule has 1 heterocycles. The van der Waals surface area contributed by atoms with Crippen LogP contribution in [0.25, 0.3) is 0 Å². The monoisotopic (exact) mass is 113 g/mol. The first-order valence-corrected chi connectivity index (χ1v) is 5.67. The summed E-state index contributed by atoms with van der Waals surface area (Å²) in [5, 5.41) is 0. The summed E-state index contributed by atoms with van der Waals surface area (Å²) in [7, 11) is -0.345. The molecule has 1 aliphatic rings. The van der Waals surface area contributed by atoms with Crippen LogP contribution in [-0.2, 0) is 0 Å². The molecular formula is C6H13Si. The fourth-order valence-corrected chi connectivity index (χ4v) is 3.21. The summed E-state index contributed by atoms with van der Waals surface area (Å²) >= 11 is 0. The molecule has 1 fully saturated rings. The molecule has 0 spiro atoms. The van der Waals surface area contributed by atoms with Crippen molar-refractivity contribution in [3.8, 4) is 0 Å². The van der Waals surface area contributed by atoms with Crippen LogP contribution >= 0.6 is 0 Å². The van der Waals surface area contributed by atoms with Crippen molar-refractivity contribution in [2.24, 2.45) is 0 Å². The molecule has 1 rings (SSSR count). The second-order valence-electron chi connectivity index (χ2n) is 2.50. The van der Waals surface area contributed by atoms with E-state index in [9.17, 15) is 0 Å². The highest BCUT2D eigenvalue weighted by Crippen LogP contribution is 2.16. The van der Waals surface area contributed by atoms with Gasteiger partial charge >= 0.3 is 0 Å². The lowest BCUT2D eigenvalue weighted by Crippen LogP contribution is -2.10. The van der Waals surface area contributed by atoms with Gasteiger partial charge in [-0.25, -0.2) is 0 Å². The van der Waals surface area contributed by atoms with Crippen LogP contribution < -0.4 is 0 Å². The van der Waals surface area contributed by atoms with E-state index >= 15 is 0 Å². The molecule has 1 saturated heterocycles. The van der Waals surface area contributed by atoms with E-state index < -0.39 is 0 Å². The Bertz CT molecular complexity index is 46.1. The number of hydrogen-bond donors (Lipinski definition) is 0. The zero-order valence-corrected chi connectivity index (χ0v) is 5.97. The first-order chi connectivity index (χ1) is 3.39. The molecule has 7 heavy (non-hydrogen) atoms. The highest BCUT2D eigenvalue weighted by molar-refractivity contribution is 6.60. The van der Waals surface area contributed by atoms with Crippen molar-refractivity contribution in [3.63, 3.8) is 0 Å². The van der Waals surface area contributed by atoms with Crippen molar-refractivity contribution in [1.29, 1.82) is 0 Å². The van der Waals surface area contributed by atoms with Crippen LogP contribution in [-0.4, -0.2) is 8.80 Å². The maximum atomic E-state index is 4.14. The molecule has 0 nitrogen and oxygen atoms in total. The van der Waals surface area contributed by atoms with Gasteiger partial charge in [0, 0.05) is 8.80 Å². The van der Waals surface area contributed by atoms with Crippen LogP contribution in [0, 0.1) is 6.55 Å². The third kappa shape index (κ3) is 1.64. The summed E-state index contributed by atoms with van der Waals surface area (Å²) in [6, 6.07) is 3.03. The zero-order chi connectivity index (χ0) is 5.11. The van der Waals surface area contributed by atoms with Crippen LogP contribution in [0.4, 0.5) is 0 Å². The Morgan fingerprint density at radius 1 is 1.00 bits per heavy atom. The summed E-state index contributed by atoms with van der Waals surface area (Å²) in [6.45, 7) is 4.14. The predicted octanol–water partition coefficient (Wildman–Crippen LogP) is 1.77. The van der Waals surface area contributed by atoms with E-state index in [1.54, 1.807) is 0 Å². The molecule has 1 aliphatic heterocycles. The predicted molar refractivity (Wildman–Crippen MR) is 36.0 cm³/mol. The fourth-order valence-electron chi connectivity index (χ4n) is 1.19. The lowest BCUT2D eigenvalue weighted by atomic mass is 10.3. The molecule has 0 aliphatic carbocycles. The second kappa shape index (κ2) is 2.51. The van der Waals surface area contributed by atoms with Crippen LogP contribution in [0.15, 0.2) is 0 Å². The highest BCUT2D eigenvalue weighted by Gasteiger charge is 2.07. The average molecular weight is 113 g/mol. The van der Waals surface area contributed by atoms with Gasteiger partial charge in [0.25, 0.3) is 0 Å². The minimum Gasteiger partial charge on any atom is -0.0626 e. The minimum absolute atomic E-state index is 0.345. The van der Waals surface area contributed by atoms with Gasteiger partial charge in [-0.2, -0.15) is 0 Å². The fraction of sp³-hybridized carbons (Fsp3) is 0.833. The Morgan fingerprint density at radius 3 is 1.86 bits per heavy atom. The van der Waals surface area contributed by atoms with Gasteiger partial charge in [-0.1, -0.05) is 37.9 Å². The van der Waals surface area contributed by atoms with Crippen LogP contribution in [0.2, 0.25) is 12.1 Å². The lowest BCUT2D eigenvalue weighted by Gasteiger charge is -2.14. The molecule has 0 saturated carbocycles. The van der Waals surface area contributed by atoms with Crippen molar-refractivity contribution < 1.29 is 0 Å². The molecule has 1 heteroatoms. The van der Waals surface area contributed by atoms with Crippen LogP contribution in [0.3, 0.4) is 0 Å². The van der Waals surface area contributed by atoms with Crippen molar-refractivity contribution in [1.82, 2.24) is 0 Å². The van der Waals surface area contributed by atoms with Gasteiger partial charge in [0.15, 0.2) is 0 Å². The molecule has 0 aromatic rings. The second-order valence-corrected chi connectivity index (χ2v) is 5.39. The quantitative estimate of drug-likeness (QED) is 0.420. The average Bonchev–Trinajstić information content (AvgIpc) is 1.69. The normalized spacial score (nSPS) is 25.3. The van der Waals surface area contributed by atoms with E-state index in [1.807, 2.05) is 0 Å².